The van der Waals surface area contributed by atoms with E-state index in [4.69, 9.17) is 9.31 Å². The van der Waals surface area contributed by atoms with Crippen LogP contribution in [-0.4, -0.2) is 18.3 Å². The lowest BCUT2D eigenvalue weighted by molar-refractivity contribution is 0.00578. The average Bonchev–Trinajstić information content (AvgIpc) is 2.85. The molecule has 1 saturated heterocycles. The van der Waals surface area contributed by atoms with E-state index in [0.717, 1.165) is 0 Å². The molecule has 3 heteroatoms. The zero-order valence-electron chi connectivity index (χ0n) is 18.7. The molecule has 150 valence electrons. The SMILES string of the molecule is CC(C)(C)c1cc2c3c(c1)C=CC1C=CC(B4OC(C)(C)C(C)(C)O4)=C(C=C2)C31. The predicted molar refractivity (Wildman–Crippen MR) is 122 cm³/mol. The Morgan fingerprint density at radius 1 is 0.828 bits per heavy atom. The van der Waals surface area contributed by atoms with Gasteiger partial charge in [-0.05, 0) is 66.4 Å². The molecule has 1 fully saturated rings. The Hall–Kier alpha value is -1.84. The van der Waals surface area contributed by atoms with Crippen LogP contribution in [0.1, 0.15) is 76.6 Å². The Morgan fingerprint density at radius 2 is 1.41 bits per heavy atom. The van der Waals surface area contributed by atoms with E-state index >= 15 is 0 Å². The van der Waals surface area contributed by atoms with Gasteiger partial charge in [0.25, 0.3) is 0 Å². The van der Waals surface area contributed by atoms with Crippen molar-refractivity contribution < 1.29 is 9.31 Å². The Bertz CT molecular complexity index is 998. The van der Waals surface area contributed by atoms with Gasteiger partial charge in [-0.3, -0.25) is 0 Å². The summed E-state index contributed by atoms with van der Waals surface area (Å²) in [6.45, 7) is 15.3. The van der Waals surface area contributed by atoms with Crippen molar-refractivity contribution in [3.8, 4) is 0 Å². The van der Waals surface area contributed by atoms with Crippen LogP contribution in [0, 0.1) is 5.92 Å². The number of rotatable bonds is 1. The second-order valence-electron chi connectivity index (χ2n) is 10.9. The van der Waals surface area contributed by atoms with Crippen molar-refractivity contribution in [3.63, 3.8) is 0 Å². The Balaban J connectivity index is 1.63. The van der Waals surface area contributed by atoms with Gasteiger partial charge in [-0.15, -0.1) is 0 Å². The highest BCUT2D eigenvalue weighted by molar-refractivity contribution is 6.56. The summed E-state index contributed by atoms with van der Waals surface area (Å²) in [6, 6.07) is 4.77. The van der Waals surface area contributed by atoms with Crippen LogP contribution < -0.4 is 0 Å². The molecule has 0 spiro atoms. The van der Waals surface area contributed by atoms with Gasteiger partial charge in [0.2, 0.25) is 0 Å². The van der Waals surface area contributed by atoms with Gasteiger partial charge in [0.1, 0.15) is 0 Å². The lowest BCUT2D eigenvalue weighted by atomic mass is 9.61. The van der Waals surface area contributed by atoms with E-state index in [9.17, 15) is 0 Å². The summed E-state index contributed by atoms with van der Waals surface area (Å²) in [6.07, 6.45) is 13.8. The maximum atomic E-state index is 6.40. The first-order valence-electron chi connectivity index (χ1n) is 10.8. The molecule has 0 aromatic heterocycles. The molecule has 0 amide bonds. The topological polar surface area (TPSA) is 18.5 Å². The Labute approximate surface area is 175 Å². The highest BCUT2D eigenvalue weighted by Gasteiger charge is 2.53. The molecular formula is C26H31BO2. The van der Waals surface area contributed by atoms with Crippen molar-refractivity contribution in [1.82, 2.24) is 0 Å². The average molecular weight is 386 g/mol. The molecule has 0 N–H and O–H groups in total. The number of allylic oxidation sites excluding steroid dienone is 6. The first-order chi connectivity index (χ1) is 13.5. The van der Waals surface area contributed by atoms with E-state index in [2.05, 4.69) is 97.1 Å². The number of benzene rings is 1. The molecule has 1 heterocycles. The summed E-state index contributed by atoms with van der Waals surface area (Å²) in [5.41, 5.74) is 7.58. The van der Waals surface area contributed by atoms with Gasteiger partial charge in [0.05, 0.1) is 11.2 Å². The second-order valence-corrected chi connectivity index (χ2v) is 10.9. The quantitative estimate of drug-likeness (QED) is 0.532. The molecule has 3 aliphatic carbocycles. The molecule has 4 aliphatic rings. The van der Waals surface area contributed by atoms with E-state index in [1.54, 1.807) is 0 Å². The smallest absolute Gasteiger partial charge is 0.399 e. The lowest BCUT2D eigenvalue weighted by Gasteiger charge is -2.38. The normalized spacial score (nSPS) is 28.2. The van der Waals surface area contributed by atoms with Crippen molar-refractivity contribution in [3.05, 3.63) is 69.7 Å². The minimum Gasteiger partial charge on any atom is -0.399 e. The van der Waals surface area contributed by atoms with Crippen LogP contribution in [0.2, 0.25) is 0 Å². The first-order valence-corrected chi connectivity index (χ1v) is 10.8. The number of hydrogen-bond donors (Lipinski definition) is 0. The van der Waals surface area contributed by atoms with Crippen molar-refractivity contribution in [1.29, 1.82) is 0 Å². The molecule has 29 heavy (non-hydrogen) atoms. The first kappa shape index (κ1) is 19.1. The summed E-state index contributed by atoms with van der Waals surface area (Å²) >= 11 is 0. The van der Waals surface area contributed by atoms with Gasteiger partial charge in [-0.1, -0.05) is 69.4 Å². The van der Waals surface area contributed by atoms with Gasteiger partial charge >= 0.3 is 7.12 Å². The van der Waals surface area contributed by atoms with Crippen molar-refractivity contribution in [2.24, 2.45) is 5.92 Å². The maximum absolute atomic E-state index is 6.40. The third-order valence-electron chi connectivity index (χ3n) is 7.42. The highest BCUT2D eigenvalue weighted by atomic mass is 16.7. The fraction of sp³-hybridized carbons (Fsp3) is 0.462. The monoisotopic (exact) mass is 386 g/mol. The predicted octanol–water partition coefficient (Wildman–Crippen LogP) is 6.24. The lowest BCUT2D eigenvalue weighted by Crippen LogP contribution is -2.41. The minimum atomic E-state index is -0.328. The van der Waals surface area contributed by atoms with Crippen LogP contribution in [0.15, 0.2) is 47.5 Å². The van der Waals surface area contributed by atoms with Crippen molar-refractivity contribution in [2.75, 3.05) is 0 Å². The van der Waals surface area contributed by atoms with E-state index in [1.165, 1.54) is 33.3 Å². The summed E-state index contributed by atoms with van der Waals surface area (Å²) in [7, 11) is -0.318. The van der Waals surface area contributed by atoms with E-state index in [1.807, 2.05) is 0 Å². The zero-order valence-corrected chi connectivity index (χ0v) is 18.7. The van der Waals surface area contributed by atoms with Gasteiger partial charge in [-0.25, -0.2) is 0 Å². The van der Waals surface area contributed by atoms with Gasteiger partial charge in [-0.2, -0.15) is 0 Å². The molecule has 1 aromatic carbocycles. The molecule has 1 aromatic rings. The molecule has 1 aliphatic heterocycles. The molecule has 0 radical (unpaired) electrons. The van der Waals surface area contributed by atoms with Crippen molar-refractivity contribution >= 4 is 19.3 Å². The zero-order chi connectivity index (χ0) is 20.8. The van der Waals surface area contributed by atoms with Gasteiger partial charge < -0.3 is 9.31 Å². The van der Waals surface area contributed by atoms with Crippen LogP contribution in [0.3, 0.4) is 0 Å². The number of hydrogen-bond acceptors (Lipinski definition) is 2. The summed E-state index contributed by atoms with van der Waals surface area (Å²) in [5, 5.41) is 0. The molecule has 2 atom stereocenters. The standard InChI is InChI=1S/C26H31BO2/c1-24(2,3)19-14-17-9-8-16-11-13-21(27-28-25(4,5)26(6,7)29-27)20-12-10-18(15-19)22(17)23(16)20/h8-16,23H,1-7H3. The van der Waals surface area contributed by atoms with Crippen LogP contribution in [0.4, 0.5) is 0 Å². The van der Waals surface area contributed by atoms with Crippen LogP contribution in [0.5, 0.6) is 0 Å². The summed E-state index contributed by atoms with van der Waals surface area (Å²) in [5.74, 6) is 0.746. The highest BCUT2D eigenvalue weighted by Crippen LogP contribution is 2.51. The molecule has 2 unspecified atom stereocenters. The molecule has 0 saturated carbocycles. The molecule has 5 rings (SSSR count). The van der Waals surface area contributed by atoms with Crippen LogP contribution in [-0.2, 0) is 14.7 Å². The van der Waals surface area contributed by atoms with Crippen molar-refractivity contribution in [2.45, 2.75) is 71.0 Å². The Kier molecular flexibility index (Phi) is 3.87. The summed E-state index contributed by atoms with van der Waals surface area (Å²) in [4.78, 5) is 0. The minimum absolute atomic E-state index is 0.139. The van der Waals surface area contributed by atoms with Gasteiger partial charge in [0.15, 0.2) is 0 Å². The maximum Gasteiger partial charge on any atom is 0.495 e. The molecule has 2 nitrogen and oxygen atoms in total. The van der Waals surface area contributed by atoms with Crippen LogP contribution >= 0.6 is 0 Å². The fourth-order valence-electron chi connectivity index (χ4n) is 4.88. The van der Waals surface area contributed by atoms with E-state index in [-0.39, 0.29) is 23.7 Å². The third kappa shape index (κ3) is 2.78. The second kappa shape index (κ2) is 5.86. The Morgan fingerprint density at radius 3 is 2.03 bits per heavy atom. The van der Waals surface area contributed by atoms with Crippen LogP contribution in [0.25, 0.3) is 12.2 Å². The fourth-order valence-corrected chi connectivity index (χ4v) is 4.88. The third-order valence-corrected chi connectivity index (χ3v) is 7.42. The molecular weight excluding hydrogens is 355 g/mol. The summed E-state index contributed by atoms with van der Waals surface area (Å²) < 4.78 is 12.8. The van der Waals surface area contributed by atoms with Gasteiger partial charge in [0, 0.05) is 11.8 Å². The van der Waals surface area contributed by atoms with E-state index in [0.29, 0.717) is 11.8 Å². The largest absolute Gasteiger partial charge is 0.495 e. The van der Waals surface area contributed by atoms with E-state index < -0.39 is 0 Å². The molecule has 0 bridgehead atoms.